The summed E-state index contributed by atoms with van der Waals surface area (Å²) in [4.78, 5) is 28.7. The van der Waals surface area contributed by atoms with E-state index in [0.717, 1.165) is 81.0 Å². The molecule has 8 rings (SSSR count). The number of benzene rings is 5. The minimum atomic E-state index is -4.26. The second-order valence-corrected chi connectivity index (χ2v) is 18.4. The molecule has 3 heterocycles. The van der Waals surface area contributed by atoms with Crippen molar-refractivity contribution in [3.8, 4) is 11.1 Å². The molecule has 5 aromatic carbocycles. The number of nitro benzene ring substituents is 1. The largest absolute Gasteiger partial charge is 0.376 e. The molecule has 60 heavy (non-hydrogen) atoms. The van der Waals surface area contributed by atoms with E-state index in [0.29, 0.717) is 21.7 Å². The standard InChI is InChI=1S/C45H47ClN8O4S2/c46-35-14-12-33(13-15-35)40-11-5-4-8-34(40)30-52-24-26-53(27-25-52)37-16-18-41-43(28-37)47-32-48-45(41)50-60(57,58)39-17-19-42(44(29-39)54(55)56)49-36(20-23-51-21-6-7-22-51)31-59-38-9-2-1-3-10-38/h1-5,8-19,28-29,32,36,49H,6-7,20-27,30-31H2,(H,47,48,50)/t36-/m1/s1. The number of nitrogens with zero attached hydrogens (tertiary/aromatic N) is 6. The van der Waals surface area contributed by atoms with E-state index < -0.39 is 14.9 Å². The van der Waals surface area contributed by atoms with Gasteiger partial charge in [0, 0.05) is 78.1 Å². The minimum Gasteiger partial charge on any atom is -0.376 e. The number of sulfonamides is 1. The van der Waals surface area contributed by atoms with E-state index in [-0.39, 0.29) is 28.1 Å². The molecule has 310 valence electrons. The monoisotopic (exact) mass is 862 g/mol. The highest BCUT2D eigenvalue weighted by molar-refractivity contribution is 7.99. The lowest BCUT2D eigenvalue weighted by Crippen LogP contribution is -2.46. The van der Waals surface area contributed by atoms with Crippen LogP contribution in [0.5, 0.6) is 0 Å². The maximum absolute atomic E-state index is 13.8. The Labute approximate surface area is 360 Å². The van der Waals surface area contributed by atoms with Gasteiger partial charge in [0.05, 0.1) is 15.3 Å². The molecule has 2 aliphatic heterocycles. The lowest BCUT2D eigenvalue weighted by molar-refractivity contribution is -0.384. The van der Waals surface area contributed by atoms with E-state index >= 15 is 0 Å². The lowest BCUT2D eigenvalue weighted by Gasteiger charge is -2.36. The topological polar surface area (TPSA) is 137 Å². The van der Waals surface area contributed by atoms with Crippen LogP contribution < -0.4 is 14.9 Å². The third-order valence-corrected chi connectivity index (χ3v) is 13.9. The van der Waals surface area contributed by atoms with Crippen LogP contribution in [-0.4, -0.2) is 90.7 Å². The zero-order chi connectivity index (χ0) is 41.5. The lowest BCUT2D eigenvalue weighted by atomic mass is 9.99. The van der Waals surface area contributed by atoms with Crippen molar-refractivity contribution in [2.45, 2.75) is 41.6 Å². The average Bonchev–Trinajstić information content (AvgIpc) is 3.79. The summed E-state index contributed by atoms with van der Waals surface area (Å²) >= 11 is 7.83. The minimum absolute atomic E-state index is 0.0838. The van der Waals surface area contributed by atoms with E-state index in [2.05, 4.69) is 71.1 Å². The van der Waals surface area contributed by atoms with Gasteiger partial charge in [-0.05, 0) is 104 Å². The summed E-state index contributed by atoms with van der Waals surface area (Å²) in [7, 11) is -4.26. The molecule has 2 aliphatic rings. The molecule has 6 aromatic rings. The fraction of sp³-hybridized carbons (Fsp3) is 0.289. The Balaban J connectivity index is 0.934. The molecule has 15 heteroatoms. The smallest absolute Gasteiger partial charge is 0.293 e. The number of aromatic nitrogens is 2. The third-order valence-electron chi connectivity index (χ3n) is 11.2. The van der Waals surface area contributed by atoms with Crippen molar-refractivity contribution in [1.29, 1.82) is 0 Å². The molecule has 2 N–H and O–H groups in total. The number of likely N-dealkylation sites (tertiary alicyclic amines) is 1. The highest BCUT2D eigenvalue weighted by Crippen LogP contribution is 2.33. The summed E-state index contributed by atoms with van der Waals surface area (Å²) in [6.45, 7) is 7.19. The Hall–Kier alpha value is -5.25. The number of piperazine rings is 1. The molecular formula is C45H47ClN8O4S2. The van der Waals surface area contributed by atoms with E-state index in [1.165, 1.54) is 42.4 Å². The number of rotatable bonds is 16. The first-order valence-corrected chi connectivity index (χ1v) is 23.1. The molecule has 2 saturated heterocycles. The van der Waals surface area contributed by atoms with Crippen LogP contribution >= 0.6 is 23.4 Å². The van der Waals surface area contributed by atoms with Gasteiger partial charge in [-0.3, -0.25) is 19.7 Å². The number of nitro groups is 1. The van der Waals surface area contributed by atoms with E-state index in [1.54, 1.807) is 11.8 Å². The molecule has 1 aromatic heterocycles. The van der Waals surface area contributed by atoms with Crippen molar-refractivity contribution in [2.75, 3.05) is 66.5 Å². The molecule has 0 radical (unpaired) electrons. The first-order chi connectivity index (χ1) is 29.2. The van der Waals surface area contributed by atoms with Crippen LogP contribution in [-0.2, 0) is 16.6 Å². The first kappa shape index (κ1) is 41.5. The Bertz CT molecular complexity index is 2540. The molecule has 0 spiro atoms. The summed E-state index contributed by atoms with van der Waals surface area (Å²) in [5.74, 6) is 0.788. The van der Waals surface area contributed by atoms with Crippen molar-refractivity contribution in [2.24, 2.45) is 0 Å². The number of hydrogen-bond acceptors (Lipinski definition) is 11. The van der Waals surface area contributed by atoms with Gasteiger partial charge in [-0.15, -0.1) is 11.8 Å². The van der Waals surface area contributed by atoms with Crippen LogP contribution in [0.3, 0.4) is 0 Å². The van der Waals surface area contributed by atoms with Gasteiger partial charge in [0.1, 0.15) is 12.0 Å². The predicted octanol–water partition coefficient (Wildman–Crippen LogP) is 9.04. The maximum Gasteiger partial charge on any atom is 0.293 e. The van der Waals surface area contributed by atoms with Gasteiger partial charge < -0.3 is 15.1 Å². The normalized spacial score (nSPS) is 15.6. The van der Waals surface area contributed by atoms with Gasteiger partial charge in [0.15, 0.2) is 5.82 Å². The van der Waals surface area contributed by atoms with Crippen LogP contribution in [0.4, 0.5) is 22.9 Å². The van der Waals surface area contributed by atoms with Crippen LogP contribution in [0.25, 0.3) is 22.0 Å². The van der Waals surface area contributed by atoms with Gasteiger partial charge in [0.2, 0.25) is 0 Å². The van der Waals surface area contributed by atoms with E-state index in [1.807, 2.05) is 60.7 Å². The number of nitrogens with one attached hydrogen (secondary N) is 2. The maximum atomic E-state index is 13.8. The summed E-state index contributed by atoms with van der Waals surface area (Å²) < 4.78 is 30.2. The first-order valence-electron chi connectivity index (χ1n) is 20.2. The fourth-order valence-electron chi connectivity index (χ4n) is 7.91. The molecule has 12 nitrogen and oxygen atoms in total. The van der Waals surface area contributed by atoms with Gasteiger partial charge in [0.25, 0.3) is 15.7 Å². The summed E-state index contributed by atoms with van der Waals surface area (Å²) in [6, 6.07) is 36.1. The molecule has 0 bridgehead atoms. The number of halogens is 1. The molecule has 2 fully saturated rings. The number of thioether (sulfide) groups is 1. The highest BCUT2D eigenvalue weighted by atomic mass is 35.5. The summed E-state index contributed by atoms with van der Waals surface area (Å²) in [5.41, 5.74) is 5.14. The quantitative estimate of drug-likeness (QED) is 0.0548. The number of anilines is 3. The van der Waals surface area contributed by atoms with Crippen LogP contribution in [0.15, 0.2) is 131 Å². The zero-order valence-electron chi connectivity index (χ0n) is 33.1. The molecule has 0 amide bonds. The van der Waals surface area contributed by atoms with Crippen LogP contribution in [0.2, 0.25) is 5.02 Å². The Morgan fingerprint density at radius 1 is 0.817 bits per heavy atom. The Kier molecular flexibility index (Phi) is 13.1. The third kappa shape index (κ3) is 10.2. The fourth-order valence-corrected chi connectivity index (χ4v) is 10.1. The summed E-state index contributed by atoms with van der Waals surface area (Å²) in [5, 5.41) is 17.0. The van der Waals surface area contributed by atoms with Crippen molar-refractivity contribution < 1.29 is 13.3 Å². The second-order valence-electron chi connectivity index (χ2n) is 15.2. The molecule has 0 aliphatic carbocycles. The highest BCUT2D eigenvalue weighted by Gasteiger charge is 2.26. The molecule has 1 atom stereocenters. The molecule has 0 saturated carbocycles. The average molecular weight is 864 g/mol. The van der Waals surface area contributed by atoms with E-state index in [9.17, 15) is 18.5 Å². The number of fused-ring (bicyclic) bond motifs is 1. The molecular weight excluding hydrogens is 816 g/mol. The predicted molar refractivity (Wildman–Crippen MR) is 243 cm³/mol. The van der Waals surface area contributed by atoms with Gasteiger partial charge >= 0.3 is 0 Å². The van der Waals surface area contributed by atoms with Crippen LogP contribution in [0, 0.1) is 10.1 Å². The Morgan fingerprint density at radius 3 is 2.33 bits per heavy atom. The van der Waals surface area contributed by atoms with Gasteiger partial charge in [-0.25, -0.2) is 18.4 Å². The zero-order valence-corrected chi connectivity index (χ0v) is 35.5. The van der Waals surface area contributed by atoms with Gasteiger partial charge in [-0.2, -0.15) is 0 Å². The summed E-state index contributed by atoms with van der Waals surface area (Å²) in [6.07, 6.45) is 4.48. The van der Waals surface area contributed by atoms with E-state index in [4.69, 9.17) is 11.6 Å². The van der Waals surface area contributed by atoms with Gasteiger partial charge in [-0.1, -0.05) is 66.2 Å². The van der Waals surface area contributed by atoms with Crippen molar-refractivity contribution in [1.82, 2.24) is 19.8 Å². The van der Waals surface area contributed by atoms with Crippen molar-refractivity contribution in [3.05, 3.63) is 142 Å². The SMILES string of the molecule is O=[N+]([O-])c1cc(S(=O)(=O)Nc2ncnc3cc(N4CCN(Cc5ccccc5-c5ccc(Cl)cc5)CC4)ccc23)ccc1N[C@H](CCN1CCCC1)CSc1ccccc1. The number of hydrogen-bond donors (Lipinski definition) is 2. The Morgan fingerprint density at radius 2 is 1.57 bits per heavy atom. The molecule has 0 unspecified atom stereocenters. The van der Waals surface area contributed by atoms with Crippen LogP contribution in [0.1, 0.15) is 24.8 Å². The second kappa shape index (κ2) is 19.0. The van der Waals surface area contributed by atoms with Crippen molar-refractivity contribution >= 4 is 67.2 Å². The van der Waals surface area contributed by atoms with Crippen molar-refractivity contribution in [3.63, 3.8) is 0 Å².